The number of rotatable bonds is 5. The van der Waals surface area contributed by atoms with E-state index in [1.807, 2.05) is 6.92 Å². The van der Waals surface area contributed by atoms with Crippen molar-refractivity contribution in [3.8, 4) is 0 Å². The molecule has 2 N–H and O–H groups in total. The smallest absolute Gasteiger partial charge is 0.242 e. The van der Waals surface area contributed by atoms with Crippen molar-refractivity contribution in [2.24, 2.45) is 0 Å². The maximum absolute atomic E-state index is 11.9. The maximum atomic E-state index is 11.9. The Labute approximate surface area is 102 Å². The van der Waals surface area contributed by atoms with E-state index in [1.165, 1.54) is 0 Å². The Morgan fingerprint density at radius 2 is 2.24 bits per heavy atom. The molecule has 2 amide bonds. The number of carbonyl (C=O) groups excluding carboxylic acids is 2. The van der Waals surface area contributed by atoms with Crippen molar-refractivity contribution in [1.29, 1.82) is 0 Å². The maximum Gasteiger partial charge on any atom is 0.242 e. The van der Waals surface area contributed by atoms with Crippen LogP contribution in [0.1, 0.15) is 39.5 Å². The van der Waals surface area contributed by atoms with Crippen LogP contribution in [-0.4, -0.2) is 47.1 Å². The van der Waals surface area contributed by atoms with Gasteiger partial charge in [-0.15, -0.1) is 0 Å². The number of aliphatic hydroxyl groups excluding tert-OH is 1. The van der Waals surface area contributed by atoms with Gasteiger partial charge < -0.3 is 15.3 Å². The van der Waals surface area contributed by atoms with Crippen LogP contribution >= 0.6 is 0 Å². The van der Waals surface area contributed by atoms with Gasteiger partial charge in [0.2, 0.25) is 11.8 Å². The molecule has 1 aliphatic rings. The number of hydrogen-bond acceptors (Lipinski definition) is 3. The molecular formula is C12H22N2O3. The van der Waals surface area contributed by atoms with Crippen LogP contribution in [0.25, 0.3) is 0 Å². The summed E-state index contributed by atoms with van der Waals surface area (Å²) in [4.78, 5) is 25.3. The highest BCUT2D eigenvalue weighted by Gasteiger charge is 2.33. The molecule has 1 heterocycles. The Bertz CT molecular complexity index is 279. The summed E-state index contributed by atoms with van der Waals surface area (Å²) in [5.41, 5.74) is 0. The van der Waals surface area contributed by atoms with E-state index >= 15 is 0 Å². The lowest BCUT2D eigenvalue weighted by molar-refractivity contribution is -0.138. The highest BCUT2D eigenvalue weighted by molar-refractivity contribution is 5.88. The first-order chi connectivity index (χ1) is 8.06. The van der Waals surface area contributed by atoms with Gasteiger partial charge in [0.25, 0.3) is 0 Å². The van der Waals surface area contributed by atoms with Crippen LogP contribution in [0.2, 0.25) is 0 Å². The zero-order valence-corrected chi connectivity index (χ0v) is 10.6. The first kappa shape index (κ1) is 14.0. The molecule has 0 spiro atoms. The number of likely N-dealkylation sites (tertiary alicyclic amines) is 1. The Morgan fingerprint density at radius 1 is 1.53 bits per heavy atom. The molecule has 1 aliphatic heterocycles. The van der Waals surface area contributed by atoms with Crippen molar-refractivity contribution < 1.29 is 14.7 Å². The topological polar surface area (TPSA) is 69.6 Å². The molecule has 1 saturated heterocycles. The van der Waals surface area contributed by atoms with Gasteiger partial charge in [-0.05, 0) is 26.2 Å². The third kappa shape index (κ3) is 4.00. The minimum absolute atomic E-state index is 0.0576. The molecule has 0 radical (unpaired) electrons. The van der Waals surface area contributed by atoms with Crippen LogP contribution in [0.15, 0.2) is 0 Å². The summed E-state index contributed by atoms with van der Waals surface area (Å²) in [5.74, 6) is -0.0879. The average Bonchev–Trinajstić information content (AvgIpc) is 2.75. The van der Waals surface area contributed by atoms with E-state index in [0.717, 1.165) is 19.3 Å². The molecular weight excluding hydrogens is 220 g/mol. The SMILES string of the molecule is CCCC(=O)N1CCCC1C(=O)NCC(C)O. The quantitative estimate of drug-likeness (QED) is 0.727. The number of aliphatic hydroxyl groups is 1. The monoisotopic (exact) mass is 242 g/mol. The Hall–Kier alpha value is -1.10. The number of carbonyl (C=O) groups is 2. The summed E-state index contributed by atoms with van der Waals surface area (Å²) in [6.07, 6.45) is 2.35. The molecule has 0 aromatic rings. The van der Waals surface area contributed by atoms with Gasteiger partial charge in [-0.25, -0.2) is 0 Å². The summed E-state index contributed by atoms with van der Waals surface area (Å²) in [6.45, 7) is 4.49. The third-order valence-electron chi connectivity index (χ3n) is 2.91. The van der Waals surface area contributed by atoms with Crippen molar-refractivity contribution in [1.82, 2.24) is 10.2 Å². The first-order valence-corrected chi connectivity index (χ1v) is 6.31. The van der Waals surface area contributed by atoms with Crippen molar-refractivity contribution in [3.63, 3.8) is 0 Å². The van der Waals surface area contributed by atoms with Gasteiger partial charge in [0.15, 0.2) is 0 Å². The van der Waals surface area contributed by atoms with E-state index in [9.17, 15) is 9.59 Å². The Balaban J connectivity index is 2.50. The molecule has 2 atom stereocenters. The van der Waals surface area contributed by atoms with Gasteiger partial charge in [-0.1, -0.05) is 6.92 Å². The van der Waals surface area contributed by atoms with E-state index in [1.54, 1.807) is 11.8 Å². The predicted molar refractivity (Wildman–Crippen MR) is 64.3 cm³/mol. The zero-order chi connectivity index (χ0) is 12.8. The van der Waals surface area contributed by atoms with E-state index in [0.29, 0.717) is 13.0 Å². The van der Waals surface area contributed by atoms with Crippen molar-refractivity contribution in [3.05, 3.63) is 0 Å². The van der Waals surface area contributed by atoms with Crippen molar-refractivity contribution in [2.45, 2.75) is 51.7 Å². The molecule has 0 bridgehead atoms. The number of nitrogens with zero attached hydrogens (tertiary/aromatic N) is 1. The summed E-state index contributed by atoms with van der Waals surface area (Å²) >= 11 is 0. The summed E-state index contributed by atoms with van der Waals surface area (Å²) in [5, 5.41) is 11.8. The van der Waals surface area contributed by atoms with Gasteiger partial charge >= 0.3 is 0 Å². The number of amides is 2. The van der Waals surface area contributed by atoms with Crippen molar-refractivity contribution in [2.75, 3.05) is 13.1 Å². The lowest BCUT2D eigenvalue weighted by Gasteiger charge is -2.24. The van der Waals surface area contributed by atoms with Gasteiger partial charge in [0.1, 0.15) is 6.04 Å². The molecule has 5 heteroatoms. The highest BCUT2D eigenvalue weighted by Crippen LogP contribution is 2.18. The molecule has 17 heavy (non-hydrogen) atoms. The second-order valence-electron chi connectivity index (χ2n) is 4.59. The largest absolute Gasteiger partial charge is 0.392 e. The molecule has 0 aliphatic carbocycles. The molecule has 5 nitrogen and oxygen atoms in total. The molecule has 0 saturated carbocycles. The minimum atomic E-state index is -0.555. The average molecular weight is 242 g/mol. The van der Waals surface area contributed by atoms with Gasteiger partial charge in [0.05, 0.1) is 6.10 Å². The molecule has 1 rings (SSSR count). The Kier molecular flexibility index (Phi) is 5.41. The van der Waals surface area contributed by atoms with Crippen LogP contribution in [-0.2, 0) is 9.59 Å². The molecule has 2 unspecified atom stereocenters. The van der Waals surface area contributed by atoms with E-state index < -0.39 is 6.10 Å². The van der Waals surface area contributed by atoms with Gasteiger partial charge in [-0.2, -0.15) is 0 Å². The fraction of sp³-hybridized carbons (Fsp3) is 0.833. The lowest BCUT2D eigenvalue weighted by Crippen LogP contribution is -2.47. The van der Waals surface area contributed by atoms with Crippen LogP contribution in [0.3, 0.4) is 0 Å². The van der Waals surface area contributed by atoms with Crippen LogP contribution in [0.4, 0.5) is 0 Å². The first-order valence-electron chi connectivity index (χ1n) is 6.31. The lowest BCUT2D eigenvalue weighted by atomic mass is 10.2. The zero-order valence-electron chi connectivity index (χ0n) is 10.6. The van der Waals surface area contributed by atoms with Gasteiger partial charge in [-0.3, -0.25) is 9.59 Å². The van der Waals surface area contributed by atoms with Crippen LogP contribution in [0.5, 0.6) is 0 Å². The summed E-state index contributed by atoms with van der Waals surface area (Å²) in [7, 11) is 0. The number of nitrogens with one attached hydrogen (secondary N) is 1. The highest BCUT2D eigenvalue weighted by atomic mass is 16.3. The van der Waals surface area contributed by atoms with E-state index in [2.05, 4.69) is 5.32 Å². The normalized spacial score (nSPS) is 21.4. The summed E-state index contributed by atoms with van der Waals surface area (Å²) < 4.78 is 0. The number of hydrogen-bond donors (Lipinski definition) is 2. The minimum Gasteiger partial charge on any atom is -0.392 e. The molecule has 1 fully saturated rings. The fourth-order valence-electron chi connectivity index (χ4n) is 2.06. The van der Waals surface area contributed by atoms with E-state index in [4.69, 9.17) is 5.11 Å². The second kappa shape index (κ2) is 6.59. The molecule has 0 aromatic carbocycles. The second-order valence-corrected chi connectivity index (χ2v) is 4.59. The van der Waals surface area contributed by atoms with E-state index in [-0.39, 0.29) is 24.4 Å². The molecule has 0 aromatic heterocycles. The van der Waals surface area contributed by atoms with Crippen LogP contribution in [0, 0.1) is 0 Å². The van der Waals surface area contributed by atoms with Gasteiger partial charge in [0, 0.05) is 19.5 Å². The summed E-state index contributed by atoms with van der Waals surface area (Å²) in [6, 6.07) is -0.340. The fourth-order valence-corrected chi connectivity index (χ4v) is 2.06. The van der Waals surface area contributed by atoms with Crippen molar-refractivity contribution >= 4 is 11.8 Å². The standard InChI is InChI=1S/C12H22N2O3/c1-3-5-11(16)14-7-4-6-10(14)12(17)13-8-9(2)15/h9-10,15H,3-8H2,1-2H3,(H,13,17). The molecule has 98 valence electrons. The third-order valence-corrected chi connectivity index (χ3v) is 2.91. The predicted octanol–water partition coefficient (Wildman–Crippen LogP) is 0.274. The Morgan fingerprint density at radius 3 is 2.82 bits per heavy atom. The van der Waals surface area contributed by atoms with Crippen LogP contribution < -0.4 is 5.32 Å².